The molecule has 0 aromatic heterocycles. The van der Waals surface area contributed by atoms with Crippen LogP contribution in [0.25, 0.3) is 0 Å². The van der Waals surface area contributed by atoms with Crippen molar-refractivity contribution in [2.75, 3.05) is 16.8 Å². The van der Waals surface area contributed by atoms with Gasteiger partial charge in [-0.3, -0.25) is 4.79 Å². The third-order valence-corrected chi connectivity index (χ3v) is 5.60. The second-order valence-electron chi connectivity index (χ2n) is 7.89. The summed E-state index contributed by atoms with van der Waals surface area (Å²) in [5.41, 5.74) is 3.72. The van der Waals surface area contributed by atoms with E-state index in [1.54, 1.807) is 29.2 Å². The summed E-state index contributed by atoms with van der Waals surface area (Å²) in [6.07, 6.45) is 2.01. The third-order valence-electron chi connectivity index (χ3n) is 5.60. The lowest BCUT2D eigenvalue weighted by Gasteiger charge is -2.32. The molecule has 166 valence electrons. The van der Waals surface area contributed by atoms with E-state index >= 15 is 0 Å². The number of benzene rings is 3. The average Bonchev–Trinajstić information content (AvgIpc) is 2.84. The van der Waals surface area contributed by atoms with E-state index in [1.165, 1.54) is 24.3 Å². The molecule has 1 aliphatic heterocycles. The zero-order chi connectivity index (χ0) is 23.2. The van der Waals surface area contributed by atoms with E-state index in [0.717, 1.165) is 29.7 Å². The fraction of sp³-hybridized carbons (Fsp3) is 0.192. The molecule has 0 radical (unpaired) electrons. The van der Waals surface area contributed by atoms with Crippen LogP contribution in [0.3, 0.4) is 0 Å². The Labute approximate surface area is 191 Å². The molecule has 0 spiro atoms. The molecule has 3 aromatic rings. The number of nitriles is 1. The highest BCUT2D eigenvalue weighted by atomic mass is 19.1. The van der Waals surface area contributed by atoms with Gasteiger partial charge in [-0.25, -0.2) is 9.18 Å². The van der Waals surface area contributed by atoms with E-state index in [0.29, 0.717) is 17.8 Å². The van der Waals surface area contributed by atoms with Crippen molar-refractivity contribution in [1.29, 1.82) is 5.26 Å². The highest BCUT2D eigenvalue weighted by Crippen LogP contribution is 2.27. The van der Waals surface area contributed by atoms with Crippen LogP contribution in [0.4, 0.5) is 20.6 Å². The van der Waals surface area contributed by atoms with Gasteiger partial charge in [0.05, 0.1) is 11.6 Å². The number of hydrogen-bond donors (Lipinski definition) is 2. The SMILES string of the molecule is N#Cc1ccc(C[C@@H](NC(=O)Nc2ccc(F)cc2)C(=O)N2CCCc3ccccc32)cc1. The number of halogens is 1. The lowest BCUT2D eigenvalue weighted by molar-refractivity contribution is -0.120. The first kappa shape index (κ1) is 22.0. The van der Waals surface area contributed by atoms with Crippen molar-refractivity contribution in [2.24, 2.45) is 0 Å². The summed E-state index contributed by atoms with van der Waals surface area (Å²) in [5.74, 6) is -0.612. The van der Waals surface area contributed by atoms with Gasteiger partial charge < -0.3 is 15.5 Å². The molecule has 7 heteroatoms. The number of carbonyl (C=O) groups excluding carboxylic acids is 2. The van der Waals surface area contributed by atoms with Gasteiger partial charge in [-0.2, -0.15) is 5.26 Å². The molecule has 0 saturated carbocycles. The maximum atomic E-state index is 13.6. The standard InChI is InChI=1S/C26H23FN4O2/c27-21-11-13-22(14-12-21)29-26(33)30-23(16-18-7-9-19(17-28)10-8-18)25(32)31-15-3-5-20-4-1-2-6-24(20)31/h1-2,4,6-14,23H,3,5,15-16H2,(H2,29,30,33)/t23-/m1/s1. The smallest absolute Gasteiger partial charge is 0.319 e. The van der Waals surface area contributed by atoms with Crippen molar-refractivity contribution in [3.63, 3.8) is 0 Å². The number of anilines is 2. The molecule has 3 aromatic carbocycles. The van der Waals surface area contributed by atoms with Gasteiger partial charge in [0.15, 0.2) is 0 Å². The van der Waals surface area contributed by atoms with Crippen LogP contribution in [0.5, 0.6) is 0 Å². The molecule has 6 nitrogen and oxygen atoms in total. The van der Waals surface area contributed by atoms with E-state index < -0.39 is 17.9 Å². The van der Waals surface area contributed by atoms with Crippen LogP contribution in [0.1, 0.15) is 23.1 Å². The Morgan fingerprint density at radius 1 is 1.03 bits per heavy atom. The van der Waals surface area contributed by atoms with Crippen LogP contribution in [0.15, 0.2) is 72.8 Å². The first-order valence-corrected chi connectivity index (χ1v) is 10.7. The van der Waals surface area contributed by atoms with Crippen LogP contribution in [-0.2, 0) is 17.6 Å². The van der Waals surface area contributed by atoms with Crippen LogP contribution in [0, 0.1) is 17.1 Å². The molecule has 1 atom stereocenters. The van der Waals surface area contributed by atoms with Crippen LogP contribution < -0.4 is 15.5 Å². The molecule has 33 heavy (non-hydrogen) atoms. The van der Waals surface area contributed by atoms with E-state index in [4.69, 9.17) is 5.26 Å². The minimum absolute atomic E-state index is 0.208. The number of nitrogens with one attached hydrogen (secondary N) is 2. The molecule has 1 heterocycles. The van der Waals surface area contributed by atoms with Crippen molar-refractivity contribution in [3.8, 4) is 6.07 Å². The predicted molar refractivity (Wildman–Crippen MR) is 124 cm³/mol. The minimum Gasteiger partial charge on any atom is -0.326 e. The topological polar surface area (TPSA) is 85.2 Å². The molecule has 0 saturated heterocycles. The van der Waals surface area contributed by atoms with Gasteiger partial charge in [0.2, 0.25) is 5.91 Å². The largest absolute Gasteiger partial charge is 0.326 e. The number of aryl methyl sites for hydroxylation is 1. The van der Waals surface area contributed by atoms with Gasteiger partial charge >= 0.3 is 6.03 Å². The van der Waals surface area contributed by atoms with Crippen molar-refractivity contribution in [3.05, 3.63) is 95.3 Å². The zero-order valence-corrected chi connectivity index (χ0v) is 17.9. The highest BCUT2D eigenvalue weighted by Gasteiger charge is 2.30. The van der Waals surface area contributed by atoms with E-state index in [9.17, 15) is 14.0 Å². The lowest BCUT2D eigenvalue weighted by Crippen LogP contribution is -2.52. The van der Waals surface area contributed by atoms with E-state index in [-0.39, 0.29) is 12.3 Å². The maximum Gasteiger partial charge on any atom is 0.319 e. The van der Waals surface area contributed by atoms with Crippen LogP contribution in [-0.4, -0.2) is 24.5 Å². The molecular weight excluding hydrogens is 419 g/mol. The summed E-state index contributed by atoms with van der Waals surface area (Å²) >= 11 is 0. The third kappa shape index (κ3) is 5.36. The number of rotatable bonds is 5. The summed E-state index contributed by atoms with van der Waals surface area (Å²) in [6.45, 7) is 0.570. The summed E-state index contributed by atoms with van der Waals surface area (Å²) < 4.78 is 13.2. The molecule has 2 N–H and O–H groups in total. The van der Waals surface area contributed by atoms with Crippen molar-refractivity contribution >= 4 is 23.3 Å². The highest BCUT2D eigenvalue weighted by molar-refractivity contribution is 6.01. The van der Waals surface area contributed by atoms with Crippen molar-refractivity contribution in [1.82, 2.24) is 5.32 Å². The molecule has 1 aliphatic rings. The molecule has 0 fully saturated rings. The maximum absolute atomic E-state index is 13.6. The number of nitrogens with zero attached hydrogens (tertiary/aromatic N) is 2. The second kappa shape index (κ2) is 9.96. The number of hydrogen-bond acceptors (Lipinski definition) is 3. The Bertz CT molecular complexity index is 1190. The molecule has 0 bridgehead atoms. The Morgan fingerprint density at radius 2 is 1.76 bits per heavy atom. The van der Waals surface area contributed by atoms with Crippen molar-refractivity contribution < 1.29 is 14.0 Å². The van der Waals surface area contributed by atoms with Gasteiger partial charge in [0.1, 0.15) is 11.9 Å². The first-order valence-electron chi connectivity index (χ1n) is 10.7. The second-order valence-corrected chi connectivity index (χ2v) is 7.89. The molecule has 4 rings (SSSR count). The van der Waals surface area contributed by atoms with Gasteiger partial charge in [0, 0.05) is 24.3 Å². The monoisotopic (exact) mass is 442 g/mol. The first-order chi connectivity index (χ1) is 16.0. The van der Waals surface area contributed by atoms with Crippen LogP contribution in [0.2, 0.25) is 0 Å². The van der Waals surface area contributed by atoms with E-state index in [2.05, 4.69) is 16.7 Å². The van der Waals surface area contributed by atoms with Crippen LogP contribution >= 0.6 is 0 Å². The number of urea groups is 1. The number of para-hydroxylation sites is 1. The Balaban J connectivity index is 1.56. The predicted octanol–water partition coefficient (Wildman–Crippen LogP) is 4.41. The summed E-state index contributed by atoms with van der Waals surface area (Å²) in [4.78, 5) is 28.0. The number of carbonyl (C=O) groups is 2. The quantitative estimate of drug-likeness (QED) is 0.614. The normalized spacial score (nSPS) is 13.4. The lowest BCUT2D eigenvalue weighted by atomic mass is 9.99. The van der Waals surface area contributed by atoms with Gasteiger partial charge in [-0.15, -0.1) is 0 Å². The zero-order valence-electron chi connectivity index (χ0n) is 17.9. The Morgan fingerprint density at radius 3 is 2.48 bits per heavy atom. The number of amides is 3. The van der Waals surface area contributed by atoms with E-state index in [1.807, 2.05) is 24.3 Å². The average molecular weight is 442 g/mol. The Hall–Kier alpha value is -4.18. The summed E-state index contributed by atoms with van der Waals surface area (Å²) in [7, 11) is 0. The minimum atomic E-state index is -0.829. The molecule has 0 aliphatic carbocycles. The molecule has 3 amide bonds. The number of fused-ring (bicyclic) bond motifs is 1. The fourth-order valence-electron chi connectivity index (χ4n) is 3.96. The molecule has 0 unspecified atom stereocenters. The molecular formula is C26H23FN4O2. The van der Waals surface area contributed by atoms with Crippen molar-refractivity contribution in [2.45, 2.75) is 25.3 Å². The van der Waals surface area contributed by atoms with Gasteiger partial charge in [-0.1, -0.05) is 30.3 Å². The Kier molecular flexibility index (Phi) is 6.65. The van der Waals surface area contributed by atoms with Gasteiger partial charge in [-0.05, 0) is 66.4 Å². The summed E-state index contributed by atoms with van der Waals surface area (Å²) in [5, 5.41) is 14.5. The van der Waals surface area contributed by atoms with Gasteiger partial charge in [0.25, 0.3) is 0 Å². The fourth-order valence-corrected chi connectivity index (χ4v) is 3.96. The summed E-state index contributed by atoms with van der Waals surface area (Å²) in [6, 6.07) is 20.8.